The molecule has 328 valence electrons. The molecule has 8 nitrogen and oxygen atoms in total. The van der Waals surface area contributed by atoms with E-state index >= 15 is 0 Å². The van der Waals surface area contributed by atoms with Gasteiger partial charge in [0.1, 0.15) is 13.2 Å². The number of phosphoric ester groups is 1. The SMILES string of the molecule is CCCCCCCCCCCCC/C=C/C(O)C(COP(=O)([O-])OCC[N+](C)(C)C)NC(=O)CCCCCCCCCCCCCCCCCCCCCC. The van der Waals surface area contributed by atoms with Crippen LogP contribution in [-0.4, -0.2) is 68.5 Å². The Labute approximate surface area is 342 Å². The second-order valence-electron chi connectivity index (χ2n) is 17.5. The highest BCUT2D eigenvalue weighted by Crippen LogP contribution is 2.38. The van der Waals surface area contributed by atoms with Crippen molar-refractivity contribution in [2.24, 2.45) is 0 Å². The molecule has 55 heavy (non-hydrogen) atoms. The number of aliphatic hydroxyl groups excluding tert-OH is 1. The van der Waals surface area contributed by atoms with Crippen LogP contribution in [0.2, 0.25) is 0 Å². The Hall–Kier alpha value is -0.760. The number of quaternary nitrogens is 1. The number of carbonyl (C=O) groups is 1. The molecule has 0 saturated carbocycles. The minimum Gasteiger partial charge on any atom is -0.756 e. The lowest BCUT2D eigenvalue weighted by Crippen LogP contribution is -2.45. The number of aliphatic hydroxyl groups is 1. The zero-order chi connectivity index (χ0) is 40.7. The van der Waals surface area contributed by atoms with Crippen molar-refractivity contribution in [2.45, 2.75) is 238 Å². The molecule has 1 amide bonds. The molecule has 0 radical (unpaired) electrons. The Balaban J connectivity index is 4.29. The van der Waals surface area contributed by atoms with Crippen molar-refractivity contribution in [3.8, 4) is 0 Å². The van der Waals surface area contributed by atoms with Crippen molar-refractivity contribution >= 4 is 13.7 Å². The zero-order valence-corrected chi connectivity index (χ0v) is 38.0. The monoisotopic (exact) mass is 801 g/mol. The van der Waals surface area contributed by atoms with Crippen LogP contribution < -0.4 is 10.2 Å². The van der Waals surface area contributed by atoms with E-state index in [1.807, 2.05) is 27.2 Å². The van der Waals surface area contributed by atoms with E-state index in [0.29, 0.717) is 17.4 Å². The van der Waals surface area contributed by atoms with Gasteiger partial charge < -0.3 is 28.8 Å². The van der Waals surface area contributed by atoms with E-state index in [1.54, 1.807) is 6.08 Å². The van der Waals surface area contributed by atoms with Gasteiger partial charge in [-0.15, -0.1) is 0 Å². The van der Waals surface area contributed by atoms with Crippen LogP contribution in [0, 0.1) is 0 Å². The molecule has 0 aromatic rings. The summed E-state index contributed by atoms with van der Waals surface area (Å²) in [5.74, 6) is -0.194. The number of hydrogen-bond donors (Lipinski definition) is 2. The molecule has 3 atom stereocenters. The standard InChI is InChI=1S/C46H93N2O6P/c1-6-8-10-12-14-16-18-20-21-22-23-24-25-26-28-30-32-34-36-38-40-46(50)47-44(43-54-55(51,52)53-42-41-48(3,4)5)45(49)39-37-35-33-31-29-27-19-17-15-13-11-9-7-2/h37,39,44-45,49H,6-36,38,40-43H2,1-5H3,(H-,47,50,51,52)/b39-37+. The van der Waals surface area contributed by atoms with Crippen molar-refractivity contribution in [3.63, 3.8) is 0 Å². The molecule has 0 aliphatic heterocycles. The van der Waals surface area contributed by atoms with Gasteiger partial charge in [0.15, 0.2) is 0 Å². The third-order valence-corrected chi connectivity index (χ3v) is 11.7. The van der Waals surface area contributed by atoms with Gasteiger partial charge in [0.2, 0.25) is 5.91 Å². The summed E-state index contributed by atoms with van der Waals surface area (Å²) < 4.78 is 23.2. The minimum atomic E-state index is -4.58. The first-order valence-electron chi connectivity index (χ1n) is 23.6. The molecule has 9 heteroatoms. The van der Waals surface area contributed by atoms with Crippen molar-refractivity contribution in [1.82, 2.24) is 5.32 Å². The van der Waals surface area contributed by atoms with E-state index in [2.05, 4.69) is 19.2 Å². The lowest BCUT2D eigenvalue weighted by molar-refractivity contribution is -0.870. The summed E-state index contributed by atoms with van der Waals surface area (Å²) in [4.78, 5) is 25.3. The van der Waals surface area contributed by atoms with Gasteiger partial charge in [0.05, 0.1) is 39.9 Å². The summed E-state index contributed by atoms with van der Waals surface area (Å²) in [6.07, 6.45) is 44.0. The number of allylic oxidation sites excluding steroid dienone is 1. The third kappa shape index (κ3) is 41.2. The largest absolute Gasteiger partial charge is 0.756 e. The highest BCUT2D eigenvalue weighted by atomic mass is 31.2. The number of rotatable bonds is 43. The number of phosphoric acid groups is 1. The van der Waals surface area contributed by atoms with Gasteiger partial charge in [-0.25, -0.2) is 0 Å². The second-order valence-corrected chi connectivity index (χ2v) is 18.9. The van der Waals surface area contributed by atoms with Crippen LogP contribution in [0.5, 0.6) is 0 Å². The van der Waals surface area contributed by atoms with Crippen LogP contribution in [-0.2, 0) is 18.4 Å². The zero-order valence-electron chi connectivity index (χ0n) is 37.1. The maximum absolute atomic E-state index is 12.9. The summed E-state index contributed by atoms with van der Waals surface area (Å²) >= 11 is 0. The van der Waals surface area contributed by atoms with Crippen molar-refractivity contribution < 1.29 is 32.9 Å². The van der Waals surface area contributed by atoms with E-state index in [0.717, 1.165) is 38.5 Å². The molecule has 0 spiro atoms. The number of nitrogens with one attached hydrogen (secondary N) is 1. The maximum Gasteiger partial charge on any atom is 0.268 e. The number of nitrogens with zero attached hydrogens (tertiary/aromatic N) is 1. The Morgan fingerprint density at radius 3 is 1.36 bits per heavy atom. The van der Waals surface area contributed by atoms with E-state index in [9.17, 15) is 19.4 Å². The van der Waals surface area contributed by atoms with E-state index in [-0.39, 0.29) is 19.1 Å². The Morgan fingerprint density at radius 1 is 0.618 bits per heavy atom. The molecule has 2 N–H and O–H groups in total. The summed E-state index contributed by atoms with van der Waals surface area (Å²) in [6.45, 7) is 4.66. The summed E-state index contributed by atoms with van der Waals surface area (Å²) in [5.41, 5.74) is 0. The van der Waals surface area contributed by atoms with Gasteiger partial charge in [-0.3, -0.25) is 9.36 Å². The van der Waals surface area contributed by atoms with Gasteiger partial charge in [0.25, 0.3) is 7.82 Å². The van der Waals surface area contributed by atoms with Gasteiger partial charge >= 0.3 is 0 Å². The average molecular weight is 801 g/mol. The predicted molar refractivity (Wildman–Crippen MR) is 233 cm³/mol. The Kier molecular flexibility index (Phi) is 38.2. The quantitative estimate of drug-likeness (QED) is 0.0275. The van der Waals surface area contributed by atoms with Crippen LogP contribution in [0.3, 0.4) is 0 Å². The summed E-state index contributed by atoms with van der Waals surface area (Å²) in [7, 11) is 1.27. The van der Waals surface area contributed by atoms with Gasteiger partial charge in [-0.05, 0) is 19.3 Å². The smallest absolute Gasteiger partial charge is 0.268 e. The molecule has 0 aromatic carbocycles. The van der Waals surface area contributed by atoms with Crippen LogP contribution in [0.25, 0.3) is 0 Å². The molecule has 0 aromatic heterocycles. The van der Waals surface area contributed by atoms with E-state index in [1.165, 1.54) is 167 Å². The van der Waals surface area contributed by atoms with Crippen molar-refractivity contribution in [1.29, 1.82) is 0 Å². The molecular formula is C46H93N2O6P. The first-order chi connectivity index (χ1) is 26.5. The normalized spacial score (nSPS) is 14.4. The van der Waals surface area contributed by atoms with Crippen molar-refractivity contribution in [3.05, 3.63) is 12.2 Å². The molecule has 0 fully saturated rings. The fourth-order valence-corrected chi connectivity index (χ4v) is 7.70. The number of unbranched alkanes of at least 4 members (excludes halogenated alkanes) is 30. The lowest BCUT2D eigenvalue weighted by atomic mass is 10.0. The highest BCUT2D eigenvalue weighted by Gasteiger charge is 2.23. The van der Waals surface area contributed by atoms with Crippen LogP contribution >= 0.6 is 7.82 Å². The first-order valence-corrected chi connectivity index (χ1v) is 25.0. The average Bonchev–Trinajstić information content (AvgIpc) is 3.13. The minimum absolute atomic E-state index is 0.00214. The van der Waals surface area contributed by atoms with Crippen LogP contribution in [0.15, 0.2) is 12.2 Å². The van der Waals surface area contributed by atoms with E-state index in [4.69, 9.17) is 9.05 Å². The lowest BCUT2D eigenvalue weighted by Gasteiger charge is -2.29. The molecule has 0 saturated heterocycles. The second kappa shape index (κ2) is 38.7. The molecule has 3 unspecified atom stereocenters. The van der Waals surface area contributed by atoms with Crippen LogP contribution in [0.4, 0.5) is 0 Å². The molecule has 0 aliphatic carbocycles. The highest BCUT2D eigenvalue weighted by molar-refractivity contribution is 7.45. The Morgan fingerprint density at radius 2 is 0.982 bits per heavy atom. The van der Waals surface area contributed by atoms with Gasteiger partial charge in [-0.1, -0.05) is 212 Å². The fourth-order valence-electron chi connectivity index (χ4n) is 6.98. The predicted octanol–water partition coefficient (Wildman–Crippen LogP) is 12.5. The molecule has 0 aliphatic rings. The number of amides is 1. The van der Waals surface area contributed by atoms with Gasteiger partial charge in [0, 0.05) is 6.42 Å². The van der Waals surface area contributed by atoms with E-state index < -0.39 is 20.0 Å². The third-order valence-electron chi connectivity index (χ3n) is 10.7. The van der Waals surface area contributed by atoms with Gasteiger partial charge in [-0.2, -0.15) is 0 Å². The number of hydrogen-bond acceptors (Lipinski definition) is 6. The molecular weight excluding hydrogens is 707 g/mol. The van der Waals surface area contributed by atoms with Crippen LogP contribution in [0.1, 0.15) is 226 Å². The molecule has 0 bridgehead atoms. The maximum atomic E-state index is 12.9. The first kappa shape index (κ1) is 54.2. The molecule has 0 heterocycles. The fraction of sp³-hybridized carbons (Fsp3) is 0.935. The summed E-state index contributed by atoms with van der Waals surface area (Å²) in [6, 6.07) is -0.879. The summed E-state index contributed by atoms with van der Waals surface area (Å²) in [5, 5.41) is 13.8. The number of likely N-dealkylation sites (N-methyl/N-ethyl adjacent to an activating group) is 1. The van der Waals surface area contributed by atoms with Crippen molar-refractivity contribution in [2.75, 3.05) is 40.9 Å². The number of carbonyl (C=O) groups excluding carboxylic acids is 1. The Bertz CT molecular complexity index is 911. The topological polar surface area (TPSA) is 108 Å². The molecule has 0 rings (SSSR count).